The molecule has 1 rings (SSSR count). The van der Waals surface area contributed by atoms with Crippen LogP contribution in [-0.4, -0.2) is 17.1 Å². The maximum absolute atomic E-state index is 13.5. The summed E-state index contributed by atoms with van der Waals surface area (Å²) in [6.45, 7) is 2.95. The summed E-state index contributed by atoms with van der Waals surface area (Å²) in [4.78, 5) is 10.5. The van der Waals surface area contributed by atoms with Gasteiger partial charge in [0, 0.05) is 0 Å². The van der Waals surface area contributed by atoms with Crippen LogP contribution in [0.3, 0.4) is 0 Å². The number of carboxylic acid groups (broad SMARTS) is 1. The number of aliphatic carboxylic acids is 1. The van der Waals surface area contributed by atoms with Crippen molar-refractivity contribution in [3.63, 3.8) is 0 Å². The summed E-state index contributed by atoms with van der Waals surface area (Å²) in [7, 11) is 0. The van der Waals surface area contributed by atoms with Crippen molar-refractivity contribution in [2.75, 3.05) is 0 Å². The van der Waals surface area contributed by atoms with Crippen LogP contribution in [-0.2, 0) is 16.9 Å². The van der Waals surface area contributed by atoms with Crippen LogP contribution in [0.4, 0.5) is 4.39 Å². The molecule has 0 aliphatic rings. The third-order valence-electron chi connectivity index (χ3n) is 2.41. The lowest BCUT2D eigenvalue weighted by Gasteiger charge is -2.15. The summed E-state index contributed by atoms with van der Waals surface area (Å²) in [5.41, 5.74) is 5.38. The minimum Gasteiger partial charge on any atom is -0.480 e. The molecule has 0 bridgehead atoms. The Balaban J connectivity index is 2.76. The van der Waals surface area contributed by atoms with E-state index < -0.39 is 17.7 Å². The van der Waals surface area contributed by atoms with Crippen molar-refractivity contribution in [1.82, 2.24) is 0 Å². The monoisotopic (exact) mass is 225 g/mol. The lowest BCUT2D eigenvalue weighted by atomic mass is 9.97. The molecule has 1 aromatic rings. The van der Waals surface area contributed by atoms with Crippen LogP contribution in [0.25, 0.3) is 0 Å². The summed E-state index contributed by atoms with van der Waals surface area (Å²) in [6.07, 6.45) is 0.252. The smallest absolute Gasteiger partial charge is 0.320 e. The van der Waals surface area contributed by atoms with Crippen molar-refractivity contribution in [2.45, 2.75) is 32.0 Å². The van der Waals surface area contributed by atoms with E-state index in [-0.39, 0.29) is 6.42 Å². The van der Waals surface area contributed by atoms with Gasteiger partial charge in [-0.2, -0.15) is 0 Å². The Hall–Kier alpha value is -1.42. The van der Waals surface area contributed by atoms with Gasteiger partial charge in [0.25, 0.3) is 0 Å². The molecule has 0 amide bonds. The zero-order valence-electron chi connectivity index (χ0n) is 9.40. The molecule has 0 aliphatic carbocycles. The summed E-state index contributed by atoms with van der Waals surface area (Å²) in [5.74, 6) is -1.03. The van der Waals surface area contributed by atoms with Crippen molar-refractivity contribution < 1.29 is 14.3 Å². The van der Waals surface area contributed by atoms with Crippen LogP contribution < -0.4 is 5.73 Å². The van der Waals surface area contributed by atoms with Crippen LogP contribution in [0.5, 0.6) is 0 Å². The quantitative estimate of drug-likeness (QED) is 0.821. The van der Waals surface area contributed by atoms with Gasteiger partial charge in [-0.15, -0.1) is 0 Å². The van der Waals surface area contributed by atoms with Crippen molar-refractivity contribution in [3.8, 4) is 0 Å². The first-order valence-corrected chi connectivity index (χ1v) is 5.07. The number of nitrogens with two attached hydrogens (primary N) is 1. The van der Waals surface area contributed by atoms with E-state index >= 15 is 0 Å². The van der Waals surface area contributed by atoms with Crippen molar-refractivity contribution >= 4 is 5.97 Å². The Labute approximate surface area is 94.1 Å². The van der Waals surface area contributed by atoms with Gasteiger partial charge in [0.15, 0.2) is 0 Å². The Morgan fingerprint density at radius 1 is 1.44 bits per heavy atom. The Morgan fingerprint density at radius 2 is 1.94 bits per heavy atom. The van der Waals surface area contributed by atoms with Crippen molar-refractivity contribution in [2.24, 2.45) is 5.73 Å². The Kier molecular flexibility index (Phi) is 3.65. The first-order valence-electron chi connectivity index (χ1n) is 5.07. The molecule has 3 nitrogen and oxygen atoms in total. The largest absolute Gasteiger partial charge is 0.480 e. The van der Waals surface area contributed by atoms with Gasteiger partial charge in [-0.1, -0.05) is 24.3 Å². The zero-order chi connectivity index (χ0) is 12.3. The predicted octanol–water partition coefficient (Wildman–Crippen LogP) is 1.85. The minimum absolute atomic E-state index is 0.252. The average Bonchev–Trinajstić information content (AvgIpc) is 2.17. The van der Waals surface area contributed by atoms with Crippen LogP contribution in [0.2, 0.25) is 0 Å². The molecule has 0 heterocycles. The van der Waals surface area contributed by atoms with E-state index in [1.54, 1.807) is 24.3 Å². The standard InChI is InChI=1S/C12H16FNO2/c1-12(2,13)9-5-3-8(4-6-9)7-10(14)11(15)16/h3-6,10H,7,14H2,1-2H3,(H,15,16). The van der Waals surface area contributed by atoms with Crippen molar-refractivity contribution in [1.29, 1.82) is 0 Å². The molecule has 0 aliphatic heterocycles. The summed E-state index contributed by atoms with van der Waals surface area (Å²) < 4.78 is 13.5. The molecule has 0 fully saturated rings. The van der Waals surface area contributed by atoms with Gasteiger partial charge in [-0.3, -0.25) is 4.79 Å². The van der Waals surface area contributed by atoms with Gasteiger partial charge < -0.3 is 10.8 Å². The van der Waals surface area contributed by atoms with Gasteiger partial charge in [-0.25, -0.2) is 4.39 Å². The molecule has 88 valence electrons. The molecule has 1 aromatic carbocycles. The highest BCUT2D eigenvalue weighted by atomic mass is 19.1. The van der Waals surface area contributed by atoms with Crippen LogP contribution in [0.1, 0.15) is 25.0 Å². The average molecular weight is 225 g/mol. The second-order valence-corrected chi connectivity index (χ2v) is 4.32. The molecule has 0 aromatic heterocycles. The SMILES string of the molecule is CC(C)(F)c1ccc(CC(N)C(=O)O)cc1. The first-order chi connectivity index (χ1) is 7.30. The van der Waals surface area contributed by atoms with Gasteiger partial charge in [-0.05, 0) is 31.4 Å². The molecular formula is C12H16FNO2. The van der Waals surface area contributed by atoms with Gasteiger partial charge in [0.2, 0.25) is 0 Å². The fourth-order valence-electron chi connectivity index (χ4n) is 1.38. The second kappa shape index (κ2) is 4.61. The number of halogens is 1. The molecule has 0 saturated carbocycles. The lowest BCUT2D eigenvalue weighted by molar-refractivity contribution is -0.138. The van der Waals surface area contributed by atoms with Gasteiger partial charge >= 0.3 is 5.97 Å². The number of carbonyl (C=O) groups is 1. The van der Waals surface area contributed by atoms with Crippen molar-refractivity contribution in [3.05, 3.63) is 35.4 Å². The van der Waals surface area contributed by atoms with Crippen LogP contribution in [0.15, 0.2) is 24.3 Å². The maximum atomic E-state index is 13.5. The van der Waals surface area contributed by atoms with E-state index in [4.69, 9.17) is 10.8 Å². The molecule has 0 radical (unpaired) electrons. The summed E-state index contributed by atoms with van der Waals surface area (Å²) in [6, 6.07) is 5.82. The fraction of sp³-hybridized carbons (Fsp3) is 0.417. The molecule has 1 unspecified atom stereocenters. The molecule has 16 heavy (non-hydrogen) atoms. The third kappa shape index (κ3) is 3.31. The second-order valence-electron chi connectivity index (χ2n) is 4.32. The number of rotatable bonds is 4. The number of alkyl halides is 1. The topological polar surface area (TPSA) is 63.3 Å². The minimum atomic E-state index is -1.38. The number of carboxylic acids is 1. The normalized spacial score (nSPS) is 13.5. The highest BCUT2D eigenvalue weighted by Crippen LogP contribution is 2.24. The molecule has 3 N–H and O–H groups in total. The van der Waals surface area contributed by atoms with Gasteiger partial charge in [0.1, 0.15) is 11.7 Å². The summed E-state index contributed by atoms with van der Waals surface area (Å²) >= 11 is 0. The molecule has 0 saturated heterocycles. The number of benzene rings is 1. The predicted molar refractivity (Wildman–Crippen MR) is 59.9 cm³/mol. The zero-order valence-corrected chi connectivity index (χ0v) is 9.40. The van der Waals surface area contributed by atoms with E-state index in [1.807, 2.05) is 0 Å². The van der Waals surface area contributed by atoms with E-state index in [1.165, 1.54) is 13.8 Å². The highest BCUT2D eigenvalue weighted by Gasteiger charge is 2.18. The first kappa shape index (κ1) is 12.6. The van der Waals surface area contributed by atoms with E-state index in [9.17, 15) is 9.18 Å². The Bertz CT molecular complexity index is 368. The van der Waals surface area contributed by atoms with Gasteiger partial charge in [0.05, 0.1) is 0 Å². The summed E-state index contributed by atoms with van der Waals surface area (Å²) in [5, 5.41) is 8.64. The molecule has 4 heteroatoms. The highest BCUT2D eigenvalue weighted by molar-refractivity contribution is 5.73. The van der Waals surface area contributed by atoms with Crippen LogP contribution in [0, 0.1) is 0 Å². The van der Waals surface area contributed by atoms with E-state index in [2.05, 4.69) is 0 Å². The number of hydrogen-bond donors (Lipinski definition) is 2. The number of hydrogen-bond acceptors (Lipinski definition) is 2. The van der Waals surface area contributed by atoms with E-state index in [0.29, 0.717) is 5.56 Å². The third-order valence-corrected chi connectivity index (χ3v) is 2.41. The van der Waals surface area contributed by atoms with Crippen LogP contribution >= 0.6 is 0 Å². The maximum Gasteiger partial charge on any atom is 0.320 e. The molecule has 0 spiro atoms. The Morgan fingerprint density at radius 3 is 2.31 bits per heavy atom. The molecule has 1 atom stereocenters. The lowest BCUT2D eigenvalue weighted by Crippen LogP contribution is -2.32. The molecular weight excluding hydrogens is 209 g/mol. The fourth-order valence-corrected chi connectivity index (χ4v) is 1.38. The van der Waals surface area contributed by atoms with E-state index in [0.717, 1.165) is 5.56 Å².